The van der Waals surface area contributed by atoms with Crippen LogP contribution in [0.25, 0.3) is 0 Å². The number of urea groups is 1. The van der Waals surface area contributed by atoms with E-state index in [0.717, 1.165) is 30.6 Å². The first-order valence-corrected chi connectivity index (χ1v) is 8.99. The van der Waals surface area contributed by atoms with Crippen LogP contribution in [0, 0.1) is 0 Å². The molecule has 25 heavy (non-hydrogen) atoms. The van der Waals surface area contributed by atoms with Crippen molar-refractivity contribution < 1.29 is 9.59 Å². The number of nitrogens with zero attached hydrogens (tertiary/aromatic N) is 2. The number of nitrogens with one attached hydrogen (secondary N) is 2. The van der Waals surface area contributed by atoms with Gasteiger partial charge in [0.15, 0.2) is 0 Å². The standard InChI is InChI=1S/C19H30N4O2/c1-14-7-5-6-12-23(14)18(24)15(2)21-19(25)20-13-16-8-10-17(11-9-16)22(3)4/h8-11,14-15H,5-7,12-13H2,1-4H3,(H2,20,21,25)/t14-,15+/m1/s1. The average molecular weight is 346 g/mol. The zero-order chi connectivity index (χ0) is 18.4. The van der Waals surface area contributed by atoms with Crippen LogP contribution in [0.4, 0.5) is 10.5 Å². The fraction of sp³-hybridized carbons (Fsp3) is 0.579. The highest BCUT2D eigenvalue weighted by atomic mass is 16.2. The number of benzene rings is 1. The monoisotopic (exact) mass is 346 g/mol. The summed E-state index contributed by atoms with van der Waals surface area (Å²) in [6.07, 6.45) is 3.24. The van der Waals surface area contributed by atoms with Crippen LogP contribution in [-0.4, -0.2) is 49.6 Å². The molecule has 0 unspecified atom stereocenters. The van der Waals surface area contributed by atoms with Crippen molar-refractivity contribution in [3.63, 3.8) is 0 Å². The molecule has 1 aromatic carbocycles. The lowest BCUT2D eigenvalue weighted by molar-refractivity contribution is -0.136. The molecule has 1 saturated heterocycles. The van der Waals surface area contributed by atoms with Gasteiger partial charge in [-0.3, -0.25) is 4.79 Å². The summed E-state index contributed by atoms with van der Waals surface area (Å²) in [6.45, 7) is 5.03. The second-order valence-electron chi connectivity index (χ2n) is 6.99. The Bertz CT molecular complexity index is 586. The minimum Gasteiger partial charge on any atom is -0.378 e. The van der Waals surface area contributed by atoms with Gasteiger partial charge in [0.2, 0.25) is 5.91 Å². The van der Waals surface area contributed by atoms with Gasteiger partial charge in [0.1, 0.15) is 6.04 Å². The van der Waals surface area contributed by atoms with Crippen molar-refractivity contribution in [2.75, 3.05) is 25.5 Å². The summed E-state index contributed by atoms with van der Waals surface area (Å²) in [5.41, 5.74) is 2.13. The normalized spacial score (nSPS) is 18.4. The van der Waals surface area contributed by atoms with E-state index < -0.39 is 6.04 Å². The highest BCUT2D eigenvalue weighted by Gasteiger charge is 2.27. The van der Waals surface area contributed by atoms with Gasteiger partial charge in [-0.05, 0) is 50.8 Å². The summed E-state index contributed by atoms with van der Waals surface area (Å²) in [5.74, 6) is -0.00214. The number of carbonyl (C=O) groups is 2. The lowest BCUT2D eigenvalue weighted by Gasteiger charge is -2.35. The molecule has 138 valence electrons. The number of amides is 3. The molecule has 0 aliphatic carbocycles. The third-order valence-corrected chi connectivity index (χ3v) is 4.71. The molecule has 0 saturated carbocycles. The quantitative estimate of drug-likeness (QED) is 0.860. The molecule has 1 aromatic rings. The van der Waals surface area contributed by atoms with Crippen LogP contribution in [-0.2, 0) is 11.3 Å². The summed E-state index contributed by atoms with van der Waals surface area (Å²) in [7, 11) is 3.98. The molecule has 1 aliphatic rings. The first-order chi connectivity index (χ1) is 11.9. The summed E-state index contributed by atoms with van der Waals surface area (Å²) in [6, 6.07) is 7.42. The van der Waals surface area contributed by atoms with Gasteiger partial charge in [-0.2, -0.15) is 0 Å². The second kappa shape index (κ2) is 8.74. The number of likely N-dealkylation sites (tertiary alicyclic amines) is 1. The van der Waals surface area contributed by atoms with Gasteiger partial charge in [0.25, 0.3) is 0 Å². The van der Waals surface area contributed by atoms with Crippen LogP contribution in [0.15, 0.2) is 24.3 Å². The third-order valence-electron chi connectivity index (χ3n) is 4.71. The molecule has 0 spiro atoms. The predicted octanol–water partition coefficient (Wildman–Crippen LogP) is 2.34. The Labute approximate surface area is 150 Å². The fourth-order valence-corrected chi connectivity index (χ4v) is 3.08. The van der Waals surface area contributed by atoms with Crippen LogP contribution < -0.4 is 15.5 Å². The zero-order valence-electron chi connectivity index (χ0n) is 15.7. The minimum absolute atomic E-state index is 0.00214. The van der Waals surface area contributed by atoms with Crippen molar-refractivity contribution >= 4 is 17.6 Å². The van der Waals surface area contributed by atoms with Gasteiger partial charge in [-0.1, -0.05) is 12.1 Å². The van der Waals surface area contributed by atoms with Crippen LogP contribution >= 0.6 is 0 Å². The molecule has 2 rings (SSSR count). The lowest BCUT2D eigenvalue weighted by atomic mass is 10.0. The predicted molar refractivity (Wildman–Crippen MR) is 101 cm³/mol. The Morgan fingerprint density at radius 1 is 1.24 bits per heavy atom. The molecule has 2 N–H and O–H groups in total. The number of hydrogen-bond acceptors (Lipinski definition) is 3. The molecule has 6 heteroatoms. The average Bonchev–Trinajstić information content (AvgIpc) is 2.60. The highest BCUT2D eigenvalue weighted by molar-refractivity contribution is 5.87. The number of anilines is 1. The van der Waals surface area contributed by atoms with Crippen LogP contribution in [0.5, 0.6) is 0 Å². The molecule has 1 fully saturated rings. The van der Waals surface area contributed by atoms with E-state index in [1.807, 2.05) is 48.2 Å². The highest BCUT2D eigenvalue weighted by Crippen LogP contribution is 2.17. The first-order valence-electron chi connectivity index (χ1n) is 8.99. The van der Waals surface area contributed by atoms with Gasteiger partial charge in [0, 0.05) is 38.9 Å². The molecule has 3 amide bonds. The Hall–Kier alpha value is -2.24. The molecular weight excluding hydrogens is 316 g/mol. The van der Waals surface area contributed by atoms with Crippen molar-refractivity contribution in [1.82, 2.24) is 15.5 Å². The van der Waals surface area contributed by atoms with Crippen molar-refractivity contribution in [1.29, 1.82) is 0 Å². The van der Waals surface area contributed by atoms with Crippen LogP contribution in [0.3, 0.4) is 0 Å². The van der Waals surface area contributed by atoms with E-state index in [9.17, 15) is 9.59 Å². The topological polar surface area (TPSA) is 64.7 Å². The van der Waals surface area contributed by atoms with Crippen LogP contribution in [0.1, 0.15) is 38.7 Å². The number of rotatable bonds is 5. The zero-order valence-corrected chi connectivity index (χ0v) is 15.7. The molecule has 6 nitrogen and oxygen atoms in total. The SMILES string of the molecule is C[C@H](NC(=O)NCc1ccc(N(C)C)cc1)C(=O)N1CCCC[C@H]1C. The van der Waals surface area contributed by atoms with Crippen molar-refractivity contribution in [3.05, 3.63) is 29.8 Å². The number of hydrogen-bond donors (Lipinski definition) is 2. The molecule has 2 atom stereocenters. The maximum atomic E-state index is 12.5. The molecule has 1 aliphatic heterocycles. The van der Waals surface area contributed by atoms with Gasteiger partial charge in [-0.25, -0.2) is 4.79 Å². The Balaban J connectivity index is 1.79. The molecule has 0 aromatic heterocycles. The molecule has 0 radical (unpaired) electrons. The largest absolute Gasteiger partial charge is 0.378 e. The molecule has 1 heterocycles. The second-order valence-corrected chi connectivity index (χ2v) is 6.99. The van der Waals surface area contributed by atoms with E-state index >= 15 is 0 Å². The Morgan fingerprint density at radius 3 is 2.52 bits per heavy atom. The van der Waals surface area contributed by atoms with E-state index in [0.29, 0.717) is 6.54 Å². The van der Waals surface area contributed by atoms with E-state index in [1.165, 1.54) is 6.42 Å². The molecular formula is C19H30N4O2. The van der Waals surface area contributed by atoms with Crippen molar-refractivity contribution in [2.45, 2.75) is 51.7 Å². The van der Waals surface area contributed by atoms with E-state index in [1.54, 1.807) is 6.92 Å². The molecule has 0 bridgehead atoms. The summed E-state index contributed by atoms with van der Waals surface area (Å²) >= 11 is 0. The summed E-state index contributed by atoms with van der Waals surface area (Å²) in [5, 5.41) is 5.56. The van der Waals surface area contributed by atoms with Gasteiger partial charge in [-0.15, -0.1) is 0 Å². The van der Waals surface area contributed by atoms with Gasteiger partial charge < -0.3 is 20.4 Å². The minimum atomic E-state index is -0.517. The number of carbonyl (C=O) groups excluding carboxylic acids is 2. The summed E-state index contributed by atoms with van der Waals surface area (Å²) < 4.78 is 0. The third kappa shape index (κ3) is 5.37. The Morgan fingerprint density at radius 2 is 1.92 bits per heavy atom. The Kier molecular flexibility index (Phi) is 6.67. The smallest absolute Gasteiger partial charge is 0.315 e. The van der Waals surface area contributed by atoms with Crippen molar-refractivity contribution in [3.8, 4) is 0 Å². The maximum Gasteiger partial charge on any atom is 0.315 e. The van der Waals surface area contributed by atoms with Crippen molar-refractivity contribution in [2.24, 2.45) is 0 Å². The maximum absolute atomic E-state index is 12.5. The van der Waals surface area contributed by atoms with E-state index in [-0.39, 0.29) is 18.0 Å². The van der Waals surface area contributed by atoms with E-state index in [4.69, 9.17) is 0 Å². The summed E-state index contributed by atoms with van der Waals surface area (Å²) in [4.78, 5) is 28.5. The first kappa shape index (κ1) is 19.1. The lowest BCUT2D eigenvalue weighted by Crippen LogP contribution is -2.53. The fourth-order valence-electron chi connectivity index (χ4n) is 3.08. The number of piperidine rings is 1. The van der Waals surface area contributed by atoms with Crippen LogP contribution in [0.2, 0.25) is 0 Å². The van der Waals surface area contributed by atoms with Gasteiger partial charge in [0.05, 0.1) is 0 Å². The van der Waals surface area contributed by atoms with Gasteiger partial charge >= 0.3 is 6.03 Å². The van der Waals surface area contributed by atoms with E-state index in [2.05, 4.69) is 17.6 Å².